The zero-order valence-corrected chi connectivity index (χ0v) is 16.3. The number of allylic oxidation sites excluding steroid dienone is 1. The van der Waals surface area contributed by atoms with E-state index in [4.69, 9.17) is 10.8 Å². The van der Waals surface area contributed by atoms with Crippen LogP contribution >= 0.6 is 0 Å². The second kappa shape index (κ2) is 8.33. The highest BCUT2D eigenvalue weighted by Gasteiger charge is 2.34. The van der Waals surface area contributed by atoms with E-state index < -0.39 is 22.0 Å². The summed E-state index contributed by atoms with van der Waals surface area (Å²) in [5.41, 5.74) is 7.52. The molecule has 0 fully saturated rings. The zero-order chi connectivity index (χ0) is 19.5. The highest BCUT2D eigenvalue weighted by atomic mass is 32.2. The summed E-state index contributed by atoms with van der Waals surface area (Å²) in [5.74, 6) is -0.821. The van der Waals surface area contributed by atoms with Gasteiger partial charge in [0.1, 0.15) is 0 Å². The van der Waals surface area contributed by atoms with Crippen molar-refractivity contribution in [3.63, 3.8) is 0 Å². The Morgan fingerprint density at radius 3 is 2.42 bits per heavy atom. The summed E-state index contributed by atoms with van der Waals surface area (Å²) in [6.45, 7) is 5.96. The molecule has 1 aliphatic rings. The number of carboxylic acids is 1. The minimum absolute atomic E-state index is 0.138. The lowest BCUT2D eigenvalue weighted by Crippen LogP contribution is -2.49. The summed E-state index contributed by atoms with van der Waals surface area (Å²) in [7, 11) is -3.67. The van der Waals surface area contributed by atoms with Crippen molar-refractivity contribution in [3.05, 3.63) is 41.5 Å². The third-order valence-electron chi connectivity index (χ3n) is 4.80. The minimum Gasteiger partial charge on any atom is -0.478 e. The number of sulfonamides is 1. The summed E-state index contributed by atoms with van der Waals surface area (Å²) in [4.78, 5) is 11.4. The molecule has 4 N–H and O–H groups in total. The number of nitrogens with two attached hydrogens (primary N) is 1. The maximum Gasteiger partial charge on any atom is 0.331 e. The number of carboxylic acid groups (broad SMARTS) is 1. The summed E-state index contributed by atoms with van der Waals surface area (Å²) in [6, 6.07) is 5.97. The fourth-order valence-electron chi connectivity index (χ4n) is 3.38. The monoisotopic (exact) mass is 380 g/mol. The lowest BCUT2D eigenvalue weighted by atomic mass is 9.78. The first-order valence-electron chi connectivity index (χ1n) is 8.87. The van der Waals surface area contributed by atoms with Crippen LogP contribution in [0.4, 0.5) is 0 Å². The number of nitrogens with one attached hydrogen (secondary N) is 1. The largest absolute Gasteiger partial charge is 0.478 e. The Kier molecular flexibility index (Phi) is 6.60. The molecule has 2 rings (SSSR count). The van der Waals surface area contributed by atoms with Gasteiger partial charge in [0.2, 0.25) is 10.0 Å². The van der Waals surface area contributed by atoms with Gasteiger partial charge in [-0.1, -0.05) is 37.6 Å². The van der Waals surface area contributed by atoms with Crippen LogP contribution in [0.1, 0.15) is 38.7 Å². The topological polar surface area (TPSA) is 109 Å². The number of aliphatic carboxylic acids is 1. The highest BCUT2D eigenvalue weighted by Crippen LogP contribution is 2.29. The first kappa shape index (κ1) is 20.6. The molecular weight excluding hydrogens is 352 g/mol. The van der Waals surface area contributed by atoms with Crippen molar-refractivity contribution in [2.75, 3.05) is 0 Å². The Morgan fingerprint density at radius 1 is 1.31 bits per heavy atom. The molecule has 0 aliphatic heterocycles. The molecule has 1 aromatic carbocycles. The highest BCUT2D eigenvalue weighted by molar-refractivity contribution is 7.89. The molecule has 0 saturated carbocycles. The Morgan fingerprint density at radius 2 is 1.92 bits per heavy atom. The van der Waals surface area contributed by atoms with Gasteiger partial charge in [0.05, 0.1) is 4.90 Å². The van der Waals surface area contributed by atoms with Crippen molar-refractivity contribution < 1.29 is 18.3 Å². The van der Waals surface area contributed by atoms with Crippen LogP contribution in [-0.4, -0.2) is 31.6 Å². The first-order valence-corrected chi connectivity index (χ1v) is 10.4. The van der Waals surface area contributed by atoms with E-state index in [0.29, 0.717) is 18.4 Å². The van der Waals surface area contributed by atoms with E-state index in [0.717, 1.165) is 5.56 Å². The minimum atomic E-state index is -3.67. The number of aryl methyl sites for hydroxylation is 1. The molecule has 0 amide bonds. The number of rotatable bonds is 7. The van der Waals surface area contributed by atoms with Crippen LogP contribution in [0.3, 0.4) is 0 Å². The van der Waals surface area contributed by atoms with Crippen LogP contribution in [0.2, 0.25) is 0 Å². The van der Waals surface area contributed by atoms with Gasteiger partial charge in [-0.25, -0.2) is 17.9 Å². The molecule has 1 aromatic rings. The fourth-order valence-corrected chi connectivity index (χ4v) is 4.68. The molecule has 0 saturated heterocycles. The number of carbonyl (C=O) groups is 1. The normalized spacial score (nSPS) is 22.1. The van der Waals surface area contributed by atoms with E-state index >= 15 is 0 Å². The van der Waals surface area contributed by atoms with Crippen LogP contribution in [-0.2, 0) is 14.8 Å². The Labute approximate surface area is 155 Å². The average Bonchev–Trinajstić information content (AvgIpc) is 2.53. The SMILES string of the molecule is Cc1ccc(S(=O)(=O)N[C@@H](CC(C)C)[C@@H]2CC=C(C(=O)O)C[C@@H]2N)cc1. The second-order valence-electron chi connectivity index (χ2n) is 7.47. The van der Waals surface area contributed by atoms with E-state index in [1.165, 1.54) is 0 Å². The molecule has 0 aromatic heterocycles. The van der Waals surface area contributed by atoms with Gasteiger partial charge >= 0.3 is 5.97 Å². The second-order valence-corrected chi connectivity index (χ2v) is 9.19. The third kappa shape index (κ3) is 5.16. The van der Waals surface area contributed by atoms with Crippen LogP contribution in [0.15, 0.2) is 40.8 Å². The van der Waals surface area contributed by atoms with Gasteiger partial charge < -0.3 is 10.8 Å². The molecule has 0 radical (unpaired) electrons. The number of benzene rings is 1. The Bertz CT molecular complexity index is 769. The molecule has 0 unspecified atom stereocenters. The Hall–Kier alpha value is -1.70. The smallest absolute Gasteiger partial charge is 0.331 e. The van der Waals surface area contributed by atoms with Crippen molar-refractivity contribution in [3.8, 4) is 0 Å². The maximum absolute atomic E-state index is 12.8. The van der Waals surface area contributed by atoms with E-state index in [1.54, 1.807) is 30.3 Å². The van der Waals surface area contributed by atoms with Crippen molar-refractivity contribution >= 4 is 16.0 Å². The predicted octanol–water partition coefficient (Wildman–Crippen LogP) is 2.44. The average molecular weight is 381 g/mol. The van der Waals surface area contributed by atoms with Gasteiger partial charge in [-0.2, -0.15) is 0 Å². The van der Waals surface area contributed by atoms with Gasteiger partial charge in [0.25, 0.3) is 0 Å². The molecule has 7 heteroatoms. The van der Waals surface area contributed by atoms with Crippen molar-refractivity contribution in [1.82, 2.24) is 4.72 Å². The lowest BCUT2D eigenvalue weighted by molar-refractivity contribution is -0.133. The van der Waals surface area contributed by atoms with E-state index in [1.807, 2.05) is 20.8 Å². The fraction of sp³-hybridized carbons (Fsp3) is 0.526. The van der Waals surface area contributed by atoms with Crippen LogP contribution in [0.5, 0.6) is 0 Å². The third-order valence-corrected chi connectivity index (χ3v) is 6.30. The summed E-state index contributed by atoms with van der Waals surface area (Å²) in [6.07, 6.45) is 3.01. The Balaban J connectivity index is 2.25. The quantitative estimate of drug-likeness (QED) is 0.673. The molecule has 0 spiro atoms. The van der Waals surface area contributed by atoms with Gasteiger partial charge in [-0.15, -0.1) is 0 Å². The van der Waals surface area contributed by atoms with Crippen LogP contribution < -0.4 is 10.5 Å². The van der Waals surface area contributed by atoms with Crippen molar-refractivity contribution in [1.29, 1.82) is 0 Å². The zero-order valence-electron chi connectivity index (χ0n) is 15.5. The summed E-state index contributed by atoms with van der Waals surface area (Å²) in [5, 5.41) is 9.15. The molecule has 3 atom stereocenters. The number of hydrogen-bond donors (Lipinski definition) is 3. The van der Waals surface area contributed by atoms with Crippen LogP contribution in [0.25, 0.3) is 0 Å². The van der Waals surface area contributed by atoms with Gasteiger partial charge in [0.15, 0.2) is 0 Å². The van der Waals surface area contributed by atoms with Gasteiger partial charge in [-0.3, -0.25) is 0 Å². The molecule has 1 aliphatic carbocycles. The van der Waals surface area contributed by atoms with Crippen molar-refractivity contribution in [2.24, 2.45) is 17.6 Å². The predicted molar refractivity (Wildman–Crippen MR) is 101 cm³/mol. The molecule has 144 valence electrons. The standard InChI is InChI=1S/C19H28N2O4S/c1-12(2)10-18(16-9-6-14(19(22)23)11-17(16)20)21-26(24,25)15-7-4-13(3)5-8-15/h4-8,12,16-18,21H,9-11,20H2,1-3H3,(H,22,23)/t16-,17+,18+/m1/s1. The molecule has 0 bridgehead atoms. The summed E-state index contributed by atoms with van der Waals surface area (Å²) < 4.78 is 28.4. The van der Waals surface area contributed by atoms with E-state index in [2.05, 4.69) is 4.72 Å². The van der Waals surface area contributed by atoms with Crippen LogP contribution in [0, 0.1) is 18.8 Å². The maximum atomic E-state index is 12.8. The summed E-state index contributed by atoms with van der Waals surface area (Å²) >= 11 is 0. The van der Waals surface area contributed by atoms with Gasteiger partial charge in [0, 0.05) is 17.7 Å². The first-order chi connectivity index (χ1) is 12.1. The molecule has 6 nitrogen and oxygen atoms in total. The van der Waals surface area contributed by atoms with E-state index in [9.17, 15) is 13.2 Å². The van der Waals surface area contributed by atoms with Crippen molar-refractivity contribution in [2.45, 2.75) is 57.0 Å². The molecule has 26 heavy (non-hydrogen) atoms. The molecular formula is C19H28N2O4S. The molecule has 0 heterocycles. The van der Waals surface area contributed by atoms with Gasteiger partial charge in [-0.05, 0) is 50.2 Å². The van der Waals surface area contributed by atoms with E-state index in [-0.39, 0.29) is 29.2 Å². The number of hydrogen-bond acceptors (Lipinski definition) is 4. The lowest BCUT2D eigenvalue weighted by Gasteiger charge is -2.35.